The Labute approximate surface area is 77.8 Å². The van der Waals surface area contributed by atoms with Crippen LogP contribution in [0.1, 0.15) is 32.6 Å². The van der Waals surface area contributed by atoms with Gasteiger partial charge in [-0.25, -0.2) is 0 Å². The predicted molar refractivity (Wildman–Crippen MR) is 48.2 cm³/mol. The van der Waals surface area contributed by atoms with Gasteiger partial charge in [0.05, 0.1) is 6.61 Å². The molecule has 0 amide bonds. The van der Waals surface area contributed by atoms with E-state index in [2.05, 4.69) is 0 Å². The number of carbonyl (C=O) groups is 2. The zero-order valence-electron chi connectivity index (χ0n) is 7.84. The second kappa shape index (κ2) is 4.80. The summed E-state index contributed by atoms with van der Waals surface area (Å²) < 4.78 is 4.76. The fourth-order valence-electron chi connectivity index (χ4n) is 1.36. The Bertz CT molecular complexity index is 241. The van der Waals surface area contributed by atoms with Crippen LogP contribution in [0.15, 0.2) is 11.6 Å². The van der Waals surface area contributed by atoms with E-state index in [1.54, 1.807) is 6.92 Å². The number of ketones is 1. The molecule has 72 valence electrons. The molecule has 0 unspecified atom stereocenters. The topological polar surface area (TPSA) is 43.4 Å². The Morgan fingerprint density at radius 1 is 1.62 bits per heavy atom. The number of carbonyl (C=O) groups excluding carboxylic acids is 2. The lowest BCUT2D eigenvalue weighted by Gasteiger charge is -2.01. The SMILES string of the molecule is CCOC(=O)CCC1=CCCC1=O. The molecule has 0 saturated carbocycles. The van der Waals surface area contributed by atoms with Crippen LogP contribution in [0.3, 0.4) is 0 Å². The zero-order chi connectivity index (χ0) is 9.68. The van der Waals surface area contributed by atoms with E-state index in [1.807, 2.05) is 6.08 Å². The number of esters is 1. The lowest BCUT2D eigenvalue weighted by atomic mass is 10.1. The van der Waals surface area contributed by atoms with Crippen molar-refractivity contribution in [3.8, 4) is 0 Å². The molecule has 1 aliphatic carbocycles. The van der Waals surface area contributed by atoms with Crippen LogP contribution in [-0.2, 0) is 14.3 Å². The van der Waals surface area contributed by atoms with Crippen LogP contribution in [0.4, 0.5) is 0 Å². The summed E-state index contributed by atoms with van der Waals surface area (Å²) in [6.07, 6.45) is 4.22. The van der Waals surface area contributed by atoms with Crippen molar-refractivity contribution >= 4 is 11.8 Å². The van der Waals surface area contributed by atoms with Gasteiger partial charge >= 0.3 is 5.97 Å². The van der Waals surface area contributed by atoms with Gasteiger partial charge in [0.1, 0.15) is 0 Å². The van der Waals surface area contributed by atoms with Crippen LogP contribution < -0.4 is 0 Å². The Kier molecular flexibility index (Phi) is 3.68. The van der Waals surface area contributed by atoms with Crippen molar-refractivity contribution in [2.45, 2.75) is 32.6 Å². The van der Waals surface area contributed by atoms with Crippen LogP contribution in [0, 0.1) is 0 Å². The van der Waals surface area contributed by atoms with E-state index in [0.717, 1.165) is 12.0 Å². The maximum Gasteiger partial charge on any atom is 0.306 e. The zero-order valence-corrected chi connectivity index (χ0v) is 7.84. The average molecular weight is 182 g/mol. The third-order valence-corrected chi connectivity index (χ3v) is 2.02. The summed E-state index contributed by atoms with van der Waals surface area (Å²) in [5.74, 6) is -0.0348. The molecule has 0 N–H and O–H groups in total. The van der Waals surface area contributed by atoms with Crippen molar-refractivity contribution in [3.05, 3.63) is 11.6 Å². The highest BCUT2D eigenvalue weighted by molar-refractivity contribution is 5.97. The van der Waals surface area contributed by atoms with Gasteiger partial charge < -0.3 is 4.74 Å². The molecule has 0 atom stereocenters. The minimum Gasteiger partial charge on any atom is -0.466 e. The molecule has 0 bridgehead atoms. The molecule has 1 aliphatic rings. The minimum absolute atomic E-state index is 0.185. The van der Waals surface area contributed by atoms with Crippen LogP contribution >= 0.6 is 0 Å². The second-order valence-corrected chi connectivity index (χ2v) is 3.00. The van der Waals surface area contributed by atoms with Crippen molar-refractivity contribution in [2.24, 2.45) is 0 Å². The third kappa shape index (κ3) is 3.01. The van der Waals surface area contributed by atoms with Crippen LogP contribution in [0.25, 0.3) is 0 Å². The third-order valence-electron chi connectivity index (χ3n) is 2.02. The highest BCUT2D eigenvalue weighted by Crippen LogP contribution is 2.18. The number of allylic oxidation sites excluding steroid dienone is 2. The summed E-state index contributed by atoms with van der Waals surface area (Å²) in [6, 6.07) is 0. The lowest BCUT2D eigenvalue weighted by molar-refractivity contribution is -0.143. The van der Waals surface area contributed by atoms with E-state index < -0.39 is 0 Å². The maximum atomic E-state index is 11.1. The summed E-state index contributed by atoms with van der Waals surface area (Å²) >= 11 is 0. The fraction of sp³-hybridized carbons (Fsp3) is 0.600. The molecule has 0 aromatic heterocycles. The number of rotatable bonds is 4. The Balaban J connectivity index is 2.26. The summed E-state index contributed by atoms with van der Waals surface area (Å²) in [6.45, 7) is 2.18. The molecular formula is C10H14O3. The van der Waals surface area contributed by atoms with Gasteiger partial charge in [-0.15, -0.1) is 0 Å². The van der Waals surface area contributed by atoms with Gasteiger partial charge in [-0.3, -0.25) is 9.59 Å². The van der Waals surface area contributed by atoms with E-state index in [9.17, 15) is 9.59 Å². The van der Waals surface area contributed by atoms with Gasteiger partial charge in [0.25, 0.3) is 0 Å². The largest absolute Gasteiger partial charge is 0.466 e. The van der Waals surface area contributed by atoms with Crippen molar-refractivity contribution in [3.63, 3.8) is 0 Å². The van der Waals surface area contributed by atoms with E-state index in [-0.39, 0.29) is 11.8 Å². The Morgan fingerprint density at radius 2 is 2.38 bits per heavy atom. The first-order valence-electron chi connectivity index (χ1n) is 4.62. The Hall–Kier alpha value is -1.12. The van der Waals surface area contributed by atoms with Crippen molar-refractivity contribution in [1.82, 2.24) is 0 Å². The smallest absolute Gasteiger partial charge is 0.306 e. The molecule has 0 aromatic carbocycles. The molecule has 13 heavy (non-hydrogen) atoms. The van der Waals surface area contributed by atoms with Crippen LogP contribution in [0.5, 0.6) is 0 Å². The van der Waals surface area contributed by atoms with Crippen molar-refractivity contribution in [2.75, 3.05) is 6.61 Å². The first-order valence-corrected chi connectivity index (χ1v) is 4.62. The number of Topliss-reactive ketones (excluding diaryl/α,β-unsaturated/α-hetero) is 1. The molecule has 0 fully saturated rings. The van der Waals surface area contributed by atoms with Crippen LogP contribution in [-0.4, -0.2) is 18.4 Å². The van der Waals surface area contributed by atoms with Gasteiger partial charge in [-0.2, -0.15) is 0 Å². The van der Waals surface area contributed by atoms with Gasteiger partial charge in [0.15, 0.2) is 5.78 Å². The first-order chi connectivity index (χ1) is 6.24. The van der Waals surface area contributed by atoms with Gasteiger partial charge in [-0.1, -0.05) is 6.08 Å². The molecule has 0 saturated heterocycles. The molecule has 0 aliphatic heterocycles. The van der Waals surface area contributed by atoms with Crippen LogP contribution in [0.2, 0.25) is 0 Å². The van der Waals surface area contributed by atoms with E-state index in [0.29, 0.717) is 25.9 Å². The van der Waals surface area contributed by atoms with Gasteiger partial charge in [0, 0.05) is 12.8 Å². The molecule has 0 heterocycles. The standard InChI is InChI=1S/C10H14O3/c1-2-13-10(12)7-6-8-4-3-5-9(8)11/h4H,2-3,5-7H2,1H3. The second-order valence-electron chi connectivity index (χ2n) is 3.00. The number of hydrogen-bond donors (Lipinski definition) is 0. The summed E-state index contributed by atoms with van der Waals surface area (Å²) in [5, 5.41) is 0. The minimum atomic E-state index is -0.219. The fourth-order valence-corrected chi connectivity index (χ4v) is 1.36. The predicted octanol–water partition coefficient (Wildman–Crippen LogP) is 1.62. The average Bonchev–Trinajstić information content (AvgIpc) is 2.48. The highest BCUT2D eigenvalue weighted by Gasteiger charge is 2.15. The van der Waals surface area contributed by atoms with E-state index >= 15 is 0 Å². The van der Waals surface area contributed by atoms with Crippen molar-refractivity contribution < 1.29 is 14.3 Å². The Morgan fingerprint density at radius 3 is 2.92 bits per heavy atom. The molecule has 0 radical (unpaired) electrons. The molecule has 3 heteroatoms. The lowest BCUT2D eigenvalue weighted by Crippen LogP contribution is -2.05. The molecular weight excluding hydrogens is 168 g/mol. The summed E-state index contributed by atoms with van der Waals surface area (Å²) in [4.78, 5) is 22.1. The van der Waals surface area contributed by atoms with E-state index in [1.165, 1.54) is 0 Å². The number of hydrogen-bond acceptors (Lipinski definition) is 3. The highest BCUT2D eigenvalue weighted by atomic mass is 16.5. The summed E-state index contributed by atoms with van der Waals surface area (Å²) in [5.41, 5.74) is 0.799. The monoisotopic (exact) mass is 182 g/mol. The first kappa shape index (κ1) is 9.96. The molecule has 3 nitrogen and oxygen atoms in total. The summed E-state index contributed by atoms with van der Waals surface area (Å²) in [7, 11) is 0. The van der Waals surface area contributed by atoms with E-state index in [4.69, 9.17) is 4.74 Å². The number of ether oxygens (including phenoxy) is 1. The van der Waals surface area contributed by atoms with Crippen molar-refractivity contribution in [1.29, 1.82) is 0 Å². The van der Waals surface area contributed by atoms with Gasteiger partial charge in [0.2, 0.25) is 0 Å². The molecule has 0 spiro atoms. The maximum absolute atomic E-state index is 11.1. The quantitative estimate of drug-likeness (QED) is 0.620. The van der Waals surface area contributed by atoms with Gasteiger partial charge in [-0.05, 0) is 25.3 Å². The molecule has 0 aromatic rings. The molecule has 1 rings (SSSR count). The normalized spacial score (nSPS) is 15.8.